The molecule has 0 aromatic carbocycles. The van der Waals surface area contributed by atoms with Gasteiger partial charge < -0.3 is 48.2 Å². The molecule has 12 N–H and O–H groups in total. The van der Waals surface area contributed by atoms with Crippen LogP contribution in [0.2, 0.25) is 0 Å². The average Bonchev–Trinajstić information content (AvgIpc) is 0.811. The molecular formula is H12MgNO9+. The van der Waals surface area contributed by atoms with Crippen molar-refractivity contribution < 1.29 is 37.9 Å². The molecule has 0 atom stereocenters. The number of rotatable bonds is 0. The van der Waals surface area contributed by atoms with Crippen LogP contribution in [0.4, 0.5) is 0 Å². The molecule has 0 unspecified atom stereocenters. The summed E-state index contributed by atoms with van der Waals surface area (Å²) in [6, 6.07) is 0. The average molecular weight is 194 g/mol. The maximum absolute atomic E-state index is 8.25. The summed E-state index contributed by atoms with van der Waals surface area (Å²) in [5.41, 5.74) is 0. The minimum atomic E-state index is -1.75. The molecule has 0 rings (SSSR count). The van der Waals surface area contributed by atoms with Crippen molar-refractivity contribution in [3.63, 3.8) is 0 Å². The molecule has 0 heterocycles. The van der Waals surface area contributed by atoms with Gasteiger partial charge in [0.05, 0.1) is 5.09 Å². The first kappa shape index (κ1) is 137. The van der Waals surface area contributed by atoms with Gasteiger partial charge in [-0.1, -0.05) is 0 Å². The van der Waals surface area contributed by atoms with Gasteiger partial charge in [-0.15, -0.1) is 0 Å². The Morgan fingerprint density at radius 2 is 0.727 bits per heavy atom. The molecule has 0 aliphatic rings. The Morgan fingerprint density at radius 1 is 0.727 bits per heavy atom. The van der Waals surface area contributed by atoms with Gasteiger partial charge in [0.2, 0.25) is 0 Å². The third-order valence-electron chi connectivity index (χ3n) is 0. The Morgan fingerprint density at radius 3 is 0.727 bits per heavy atom. The van der Waals surface area contributed by atoms with Crippen LogP contribution in [-0.2, 0) is 0 Å². The molecule has 0 aromatic rings. The summed E-state index contributed by atoms with van der Waals surface area (Å²) in [7, 11) is 0. The fraction of sp³-hybridized carbons (Fsp3) is 0. The van der Waals surface area contributed by atoms with E-state index in [4.69, 9.17) is 15.3 Å². The third kappa shape index (κ3) is 7750. The largest absolute Gasteiger partial charge is 2.00 e. The molecule has 72 valence electrons. The van der Waals surface area contributed by atoms with E-state index in [1.807, 2.05) is 0 Å². The molecule has 0 radical (unpaired) electrons. The van der Waals surface area contributed by atoms with Gasteiger partial charge in [-0.2, -0.15) is 0 Å². The van der Waals surface area contributed by atoms with Gasteiger partial charge in [-0.05, 0) is 0 Å². The maximum atomic E-state index is 8.25. The molecule has 11 heavy (non-hydrogen) atoms. The Bertz CT molecular complexity index is 32.5. The van der Waals surface area contributed by atoms with Crippen molar-refractivity contribution in [1.29, 1.82) is 0 Å². The van der Waals surface area contributed by atoms with Gasteiger partial charge in [0, 0.05) is 0 Å². The smallest absolute Gasteiger partial charge is 0.412 e. The van der Waals surface area contributed by atoms with E-state index in [2.05, 4.69) is 0 Å². The second-order valence-corrected chi connectivity index (χ2v) is 0.224. The van der Waals surface area contributed by atoms with E-state index in [1.165, 1.54) is 0 Å². The second kappa shape index (κ2) is 99.6. The van der Waals surface area contributed by atoms with E-state index in [9.17, 15) is 0 Å². The van der Waals surface area contributed by atoms with Gasteiger partial charge in [-0.3, -0.25) is 0 Å². The zero-order chi connectivity index (χ0) is 3.58. The van der Waals surface area contributed by atoms with Crippen molar-refractivity contribution in [3.8, 4) is 0 Å². The maximum Gasteiger partial charge on any atom is 2.00 e. The summed E-state index contributed by atoms with van der Waals surface area (Å²) < 4.78 is 0. The molecule has 0 saturated carbocycles. The van der Waals surface area contributed by atoms with E-state index in [0.29, 0.717) is 0 Å². The van der Waals surface area contributed by atoms with E-state index in [0.717, 1.165) is 0 Å². The zero-order valence-corrected chi connectivity index (χ0v) is 6.79. The van der Waals surface area contributed by atoms with Crippen LogP contribution in [0.3, 0.4) is 0 Å². The van der Waals surface area contributed by atoms with Crippen LogP contribution in [-0.4, -0.2) is 61.0 Å². The van der Waals surface area contributed by atoms with E-state index in [-0.39, 0.29) is 55.9 Å². The molecule has 0 saturated heterocycles. The van der Waals surface area contributed by atoms with E-state index < -0.39 is 5.09 Å². The molecule has 10 nitrogen and oxygen atoms in total. The van der Waals surface area contributed by atoms with Gasteiger partial charge in [0.1, 0.15) is 0 Å². The monoisotopic (exact) mass is 194 g/mol. The van der Waals surface area contributed by atoms with Crippen molar-refractivity contribution in [1.82, 2.24) is 0 Å². The van der Waals surface area contributed by atoms with Gasteiger partial charge in [0.15, 0.2) is 0 Å². The summed E-state index contributed by atoms with van der Waals surface area (Å²) in [5, 5.41) is 14.8. The summed E-state index contributed by atoms with van der Waals surface area (Å²) in [6.45, 7) is 0. The standard InChI is InChI=1S/Mg.NO3.6H2O/c;2-1(3)4;;;;;;/h;;6*1H2/q+2;-1;;;;;;. The first-order chi connectivity index (χ1) is 1.73. The van der Waals surface area contributed by atoms with E-state index in [1.54, 1.807) is 0 Å². The summed E-state index contributed by atoms with van der Waals surface area (Å²) in [5.74, 6) is 0. The molecule has 0 spiro atoms. The van der Waals surface area contributed by atoms with Crippen molar-refractivity contribution >= 4 is 23.1 Å². The van der Waals surface area contributed by atoms with Crippen LogP contribution in [0.5, 0.6) is 0 Å². The van der Waals surface area contributed by atoms with Crippen molar-refractivity contribution in [2.24, 2.45) is 0 Å². The second-order valence-electron chi connectivity index (χ2n) is 0.224. The van der Waals surface area contributed by atoms with Crippen molar-refractivity contribution in [2.75, 3.05) is 0 Å². The Balaban J connectivity index is -0.00000000214. The van der Waals surface area contributed by atoms with Crippen molar-refractivity contribution in [3.05, 3.63) is 15.3 Å². The predicted molar refractivity (Wildman–Crippen MR) is 37.8 cm³/mol. The molecule has 0 fully saturated rings. The SMILES string of the molecule is O.O.O.O.O.O.O=[N+]([O-])[O-].[Mg+2]. The van der Waals surface area contributed by atoms with Crippen LogP contribution >= 0.6 is 0 Å². The molecule has 0 amide bonds. The molecule has 0 aromatic heterocycles. The van der Waals surface area contributed by atoms with Crippen LogP contribution in [0.1, 0.15) is 0 Å². The normalized spacial score (nSPS) is 2.18. The van der Waals surface area contributed by atoms with Gasteiger partial charge in [-0.25, -0.2) is 0 Å². The number of hydrogen-bond donors (Lipinski definition) is 0. The number of nitrogens with zero attached hydrogens (tertiary/aromatic N) is 1. The summed E-state index contributed by atoms with van der Waals surface area (Å²) >= 11 is 0. The topological polar surface area (TPSA) is 255 Å². The Hall–Kier alpha value is -0.274. The third-order valence-corrected chi connectivity index (χ3v) is 0. The van der Waals surface area contributed by atoms with Gasteiger partial charge >= 0.3 is 23.1 Å². The minimum Gasteiger partial charge on any atom is -0.412 e. The molecule has 0 aliphatic carbocycles. The summed E-state index contributed by atoms with van der Waals surface area (Å²) in [6.07, 6.45) is 0. The Kier molecular flexibility index (Phi) is 1240. The van der Waals surface area contributed by atoms with Crippen LogP contribution in [0.15, 0.2) is 0 Å². The van der Waals surface area contributed by atoms with Crippen molar-refractivity contribution in [2.45, 2.75) is 0 Å². The fourth-order valence-corrected chi connectivity index (χ4v) is 0. The first-order valence-electron chi connectivity index (χ1n) is 0.548. The van der Waals surface area contributed by atoms with Crippen LogP contribution in [0, 0.1) is 15.3 Å². The molecular weight excluding hydrogens is 182 g/mol. The molecule has 0 bridgehead atoms. The van der Waals surface area contributed by atoms with Gasteiger partial charge in [0.25, 0.3) is 0 Å². The first-order valence-corrected chi connectivity index (χ1v) is 0.548. The van der Waals surface area contributed by atoms with Crippen LogP contribution < -0.4 is 0 Å². The Labute approximate surface area is 76.9 Å². The minimum absolute atomic E-state index is 0. The van der Waals surface area contributed by atoms with E-state index >= 15 is 0 Å². The predicted octanol–water partition coefficient (Wildman–Crippen LogP) is -5.57. The molecule has 0 aliphatic heterocycles. The summed E-state index contributed by atoms with van der Waals surface area (Å²) in [4.78, 5) is 8.25. The quantitative estimate of drug-likeness (QED) is 0.207. The zero-order valence-electron chi connectivity index (χ0n) is 5.38. The number of hydrogen-bond acceptors (Lipinski definition) is 3. The fourth-order valence-electron chi connectivity index (χ4n) is 0. The van der Waals surface area contributed by atoms with Crippen LogP contribution in [0.25, 0.3) is 0 Å². The molecule has 11 heteroatoms.